The van der Waals surface area contributed by atoms with Crippen LogP contribution in [0.1, 0.15) is 23.2 Å². The van der Waals surface area contributed by atoms with Crippen LogP contribution in [0.25, 0.3) is 0 Å². The largest absolute Gasteiger partial charge is 0.348 e. The van der Waals surface area contributed by atoms with Crippen LogP contribution in [0.3, 0.4) is 0 Å². The highest BCUT2D eigenvalue weighted by atomic mass is 32.1. The van der Waals surface area contributed by atoms with E-state index in [0.29, 0.717) is 13.1 Å². The number of rotatable bonds is 7. The molecule has 0 unspecified atom stereocenters. The highest BCUT2D eigenvalue weighted by Crippen LogP contribution is 2.09. The van der Waals surface area contributed by atoms with E-state index < -0.39 is 0 Å². The van der Waals surface area contributed by atoms with E-state index in [2.05, 4.69) is 22.2 Å². The van der Waals surface area contributed by atoms with Gasteiger partial charge >= 0.3 is 0 Å². The lowest BCUT2D eigenvalue weighted by Gasteiger charge is -2.15. The van der Waals surface area contributed by atoms with Gasteiger partial charge in [-0.25, -0.2) is 4.98 Å². The second-order valence-electron chi connectivity index (χ2n) is 4.89. The zero-order chi connectivity index (χ0) is 15.1. The van der Waals surface area contributed by atoms with Crippen molar-refractivity contribution in [2.75, 3.05) is 13.6 Å². The van der Waals surface area contributed by atoms with Crippen molar-refractivity contribution in [3.05, 3.63) is 46.2 Å². The Morgan fingerprint density at radius 1 is 1.38 bits per heavy atom. The number of aryl methyl sites for hydroxylation is 1. The molecule has 0 aliphatic rings. The summed E-state index contributed by atoms with van der Waals surface area (Å²) in [7, 11) is 1.93. The third kappa shape index (κ3) is 5.24. The van der Waals surface area contributed by atoms with Crippen LogP contribution in [0.5, 0.6) is 0 Å². The average Bonchev–Trinajstić information content (AvgIpc) is 2.94. The van der Waals surface area contributed by atoms with Crippen LogP contribution < -0.4 is 5.32 Å². The molecule has 2 heterocycles. The summed E-state index contributed by atoms with van der Waals surface area (Å²) in [4.78, 5) is 22.3. The fraction of sp³-hybridized carbons (Fsp3) is 0.400. The summed E-state index contributed by atoms with van der Waals surface area (Å²) in [6.45, 7) is 3.68. The molecule has 5 nitrogen and oxygen atoms in total. The van der Waals surface area contributed by atoms with Crippen molar-refractivity contribution in [1.29, 1.82) is 0 Å². The summed E-state index contributed by atoms with van der Waals surface area (Å²) in [6.07, 6.45) is 4.45. The molecule has 0 saturated heterocycles. The van der Waals surface area contributed by atoms with Crippen molar-refractivity contribution < 1.29 is 4.79 Å². The first-order chi connectivity index (χ1) is 10.2. The van der Waals surface area contributed by atoms with Gasteiger partial charge in [0.05, 0.1) is 18.8 Å². The Kier molecular flexibility index (Phi) is 5.83. The number of aromatic nitrogens is 2. The topological polar surface area (TPSA) is 58.1 Å². The number of carbonyl (C=O) groups excluding carboxylic acids is 1. The van der Waals surface area contributed by atoms with Crippen LogP contribution in [0.15, 0.2) is 29.9 Å². The zero-order valence-electron chi connectivity index (χ0n) is 12.4. The van der Waals surface area contributed by atoms with E-state index in [1.54, 1.807) is 23.7 Å². The zero-order valence-corrected chi connectivity index (χ0v) is 13.2. The Hall–Kier alpha value is -1.79. The Labute approximate surface area is 129 Å². The maximum absolute atomic E-state index is 11.9. The lowest BCUT2D eigenvalue weighted by molar-refractivity contribution is -0.122. The number of nitrogens with zero attached hydrogens (tertiary/aromatic N) is 3. The van der Waals surface area contributed by atoms with Gasteiger partial charge < -0.3 is 5.32 Å². The number of thiazole rings is 1. The Balaban J connectivity index is 1.73. The fourth-order valence-electron chi connectivity index (χ4n) is 1.92. The molecular weight excluding hydrogens is 284 g/mol. The van der Waals surface area contributed by atoms with Crippen LogP contribution in [-0.2, 0) is 24.3 Å². The average molecular weight is 304 g/mol. The quantitative estimate of drug-likeness (QED) is 0.848. The lowest BCUT2D eigenvalue weighted by atomic mass is 10.2. The number of amides is 1. The molecule has 0 atom stereocenters. The molecule has 0 bridgehead atoms. The van der Waals surface area contributed by atoms with Crippen molar-refractivity contribution in [2.45, 2.75) is 26.4 Å². The second-order valence-corrected chi connectivity index (χ2v) is 5.83. The third-order valence-electron chi connectivity index (χ3n) is 3.01. The van der Waals surface area contributed by atoms with Gasteiger partial charge in [0.25, 0.3) is 0 Å². The number of nitrogens with one attached hydrogen (secondary N) is 1. The first-order valence-electron chi connectivity index (χ1n) is 6.94. The van der Waals surface area contributed by atoms with Crippen LogP contribution in [0.2, 0.25) is 0 Å². The summed E-state index contributed by atoms with van der Waals surface area (Å²) in [5.74, 6) is 0.0137. The molecule has 0 spiro atoms. The Morgan fingerprint density at radius 2 is 2.14 bits per heavy atom. The molecule has 0 radical (unpaired) electrons. The Morgan fingerprint density at radius 3 is 2.81 bits per heavy atom. The highest BCUT2D eigenvalue weighted by molar-refractivity contribution is 7.09. The molecule has 0 fully saturated rings. The molecule has 2 rings (SSSR count). The molecule has 2 aromatic rings. The summed E-state index contributed by atoms with van der Waals surface area (Å²) in [6, 6.07) is 3.91. The fourth-order valence-corrected chi connectivity index (χ4v) is 2.74. The Bertz CT molecular complexity index is 570. The summed E-state index contributed by atoms with van der Waals surface area (Å²) >= 11 is 1.59. The molecular formula is C15H20N4OS. The van der Waals surface area contributed by atoms with E-state index in [4.69, 9.17) is 0 Å². The van der Waals surface area contributed by atoms with Gasteiger partial charge in [0.1, 0.15) is 5.01 Å². The predicted molar refractivity (Wildman–Crippen MR) is 83.9 cm³/mol. The molecule has 1 amide bonds. The maximum atomic E-state index is 11.9. The molecule has 1 N–H and O–H groups in total. The normalized spacial score (nSPS) is 10.8. The smallest absolute Gasteiger partial charge is 0.234 e. The lowest BCUT2D eigenvalue weighted by Crippen LogP contribution is -2.34. The minimum Gasteiger partial charge on any atom is -0.348 e. The SMILES string of the molecule is CCc1csc(CNC(=O)CN(C)Cc2ccncc2)n1. The second kappa shape index (κ2) is 7.85. The number of carbonyl (C=O) groups is 1. The van der Waals surface area contributed by atoms with Gasteiger partial charge in [0.15, 0.2) is 0 Å². The minimum atomic E-state index is 0.0137. The van der Waals surface area contributed by atoms with Gasteiger partial charge in [-0.05, 0) is 31.2 Å². The van der Waals surface area contributed by atoms with E-state index >= 15 is 0 Å². The van der Waals surface area contributed by atoms with E-state index in [1.807, 2.05) is 29.5 Å². The number of hydrogen-bond acceptors (Lipinski definition) is 5. The summed E-state index contributed by atoms with van der Waals surface area (Å²) < 4.78 is 0. The van der Waals surface area contributed by atoms with Crippen LogP contribution in [0, 0.1) is 0 Å². The summed E-state index contributed by atoms with van der Waals surface area (Å²) in [5.41, 5.74) is 2.23. The highest BCUT2D eigenvalue weighted by Gasteiger charge is 2.08. The van der Waals surface area contributed by atoms with Gasteiger partial charge in [0, 0.05) is 24.3 Å². The van der Waals surface area contributed by atoms with Crippen LogP contribution in [0.4, 0.5) is 0 Å². The predicted octanol–water partition coefficient (Wildman–Crippen LogP) is 1.85. The number of pyridine rings is 1. The van der Waals surface area contributed by atoms with Crippen LogP contribution in [-0.4, -0.2) is 34.4 Å². The molecule has 0 aliphatic carbocycles. The van der Waals surface area contributed by atoms with Crippen molar-refractivity contribution in [2.24, 2.45) is 0 Å². The molecule has 112 valence electrons. The van der Waals surface area contributed by atoms with Crippen molar-refractivity contribution in [1.82, 2.24) is 20.2 Å². The van der Waals surface area contributed by atoms with Crippen molar-refractivity contribution in [3.8, 4) is 0 Å². The first kappa shape index (κ1) is 15.6. The number of likely N-dealkylation sites (N-methyl/N-ethyl adjacent to an activating group) is 1. The van der Waals surface area contributed by atoms with Gasteiger partial charge in [-0.15, -0.1) is 11.3 Å². The third-order valence-corrected chi connectivity index (χ3v) is 3.91. The molecule has 6 heteroatoms. The first-order valence-corrected chi connectivity index (χ1v) is 7.82. The van der Waals surface area contributed by atoms with Gasteiger partial charge in [0.2, 0.25) is 5.91 Å². The monoisotopic (exact) mass is 304 g/mol. The summed E-state index contributed by atoms with van der Waals surface area (Å²) in [5, 5.41) is 5.90. The van der Waals surface area contributed by atoms with E-state index in [-0.39, 0.29) is 5.91 Å². The molecule has 2 aromatic heterocycles. The van der Waals surface area contributed by atoms with Gasteiger partial charge in [-0.1, -0.05) is 6.92 Å². The van der Waals surface area contributed by atoms with Crippen LogP contribution >= 0.6 is 11.3 Å². The number of hydrogen-bond donors (Lipinski definition) is 1. The van der Waals surface area contributed by atoms with E-state index in [0.717, 1.165) is 29.2 Å². The van der Waals surface area contributed by atoms with E-state index in [9.17, 15) is 4.79 Å². The minimum absolute atomic E-state index is 0.0137. The standard InChI is InChI=1S/C15H20N4OS/c1-3-13-11-21-15(18-13)8-17-14(20)10-19(2)9-12-4-6-16-7-5-12/h4-7,11H,3,8-10H2,1-2H3,(H,17,20). The molecule has 0 aliphatic heterocycles. The van der Waals surface area contributed by atoms with Gasteiger partial charge in [-0.3, -0.25) is 14.7 Å². The molecule has 0 aromatic carbocycles. The van der Waals surface area contributed by atoms with E-state index in [1.165, 1.54) is 0 Å². The van der Waals surface area contributed by atoms with Crippen molar-refractivity contribution in [3.63, 3.8) is 0 Å². The molecule has 21 heavy (non-hydrogen) atoms. The molecule has 0 saturated carbocycles. The van der Waals surface area contributed by atoms with Gasteiger partial charge in [-0.2, -0.15) is 0 Å². The maximum Gasteiger partial charge on any atom is 0.234 e. The van der Waals surface area contributed by atoms with Crippen molar-refractivity contribution >= 4 is 17.2 Å².